The van der Waals surface area contributed by atoms with Crippen LogP contribution in [0.15, 0.2) is 23.7 Å². The van der Waals surface area contributed by atoms with Gasteiger partial charge in [0.1, 0.15) is 13.2 Å². The second-order valence-electron chi connectivity index (χ2n) is 4.23. The molecule has 0 saturated heterocycles. The van der Waals surface area contributed by atoms with Gasteiger partial charge < -0.3 is 24.4 Å². The molecule has 2 N–H and O–H groups in total. The van der Waals surface area contributed by atoms with Gasteiger partial charge in [-0.15, -0.1) is 0 Å². The van der Waals surface area contributed by atoms with Gasteiger partial charge in [-0.25, -0.2) is 0 Å². The van der Waals surface area contributed by atoms with Crippen molar-refractivity contribution in [1.29, 1.82) is 0 Å². The highest BCUT2D eigenvalue weighted by Crippen LogP contribution is 2.03. The van der Waals surface area contributed by atoms with Crippen molar-refractivity contribution in [2.75, 3.05) is 39.6 Å². The first kappa shape index (κ1) is 18.0. The number of aliphatic hydroxyl groups is 2. The highest BCUT2D eigenvalue weighted by Gasteiger charge is 1.94. The molecule has 0 aromatic heterocycles. The molecule has 5 nitrogen and oxygen atoms in total. The highest BCUT2D eigenvalue weighted by molar-refractivity contribution is 4.94. The fourth-order valence-electron chi connectivity index (χ4n) is 1.19. The number of rotatable bonds is 12. The van der Waals surface area contributed by atoms with Crippen molar-refractivity contribution in [3.8, 4) is 0 Å². The first-order valence-electron chi connectivity index (χ1n) is 6.54. The van der Waals surface area contributed by atoms with Crippen molar-refractivity contribution >= 4 is 0 Å². The second-order valence-corrected chi connectivity index (χ2v) is 4.23. The topological polar surface area (TPSA) is 68.2 Å². The lowest BCUT2D eigenvalue weighted by molar-refractivity contribution is 0.135. The summed E-state index contributed by atoms with van der Waals surface area (Å²) in [4.78, 5) is 0. The molecular weight excluding hydrogens is 248 g/mol. The molecule has 0 aromatic carbocycles. The minimum Gasteiger partial charge on any atom is -0.499 e. The molecule has 0 atom stereocenters. The standard InChI is InChI=1S/C14H26O5/c1-13(11-18-9-5-15)3-7-17-8-4-14(2)12-19-10-6-16/h11-12,15-16H,3-10H2,1-2H3. The van der Waals surface area contributed by atoms with Crippen LogP contribution in [0, 0.1) is 0 Å². The third kappa shape index (κ3) is 13.2. The van der Waals surface area contributed by atoms with Gasteiger partial charge in [0.05, 0.1) is 39.0 Å². The molecule has 0 heterocycles. The van der Waals surface area contributed by atoms with Crippen molar-refractivity contribution in [2.24, 2.45) is 0 Å². The Morgan fingerprint density at radius 3 is 1.58 bits per heavy atom. The van der Waals surface area contributed by atoms with Crippen LogP contribution in [0.25, 0.3) is 0 Å². The van der Waals surface area contributed by atoms with Crippen LogP contribution in [0.2, 0.25) is 0 Å². The molecule has 0 radical (unpaired) electrons. The normalized spacial score (nSPS) is 12.6. The quantitative estimate of drug-likeness (QED) is 0.418. The largest absolute Gasteiger partial charge is 0.499 e. The Kier molecular flexibility index (Phi) is 12.7. The average Bonchev–Trinajstić information content (AvgIpc) is 2.39. The maximum absolute atomic E-state index is 8.55. The Morgan fingerprint density at radius 2 is 1.21 bits per heavy atom. The smallest absolute Gasteiger partial charge is 0.110 e. The van der Waals surface area contributed by atoms with E-state index in [1.54, 1.807) is 12.5 Å². The first-order valence-corrected chi connectivity index (χ1v) is 6.54. The Balaban J connectivity index is 3.48. The van der Waals surface area contributed by atoms with Crippen LogP contribution < -0.4 is 0 Å². The van der Waals surface area contributed by atoms with Crippen LogP contribution in [0.1, 0.15) is 26.7 Å². The molecule has 19 heavy (non-hydrogen) atoms. The maximum atomic E-state index is 8.55. The van der Waals surface area contributed by atoms with Crippen LogP contribution in [-0.2, 0) is 14.2 Å². The lowest BCUT2D eigenvalue weighted by Crippen LogP contribution is -2.00. The SMILES string of the molecule is CC(=COCCO)CCOCCC(C)=COCCO. The summed E-state index contributed by atoms with van der Waals surface area (Å²) in [5.41, 5.74) is 2.18. The van der Waals surface area contributed by atoms with E-state index < -0.39 is 0 Å². The number of hydrogen-bond acceptors (Lipinski definition) is 5. The number of aliphatic hydroxyl groups excluding tert-OH is 2. The summed E-state index contributed by atoms with van der Waals surface area (Å²) in [5.74, 6) is 0. The lowest BCUT2D eigenvalue weighted by atomic mass is 10.2. The monoisotopic (exact) mass is 274 g/mol. The maximum Gasteiger partial charge on any atom is 0.110 e. The Bertz CT molecular complexity index is 235. The van der Waals surface area contributed by atoms with E-state index in [-0.39, 0.29) is 13.2 Å². The summed E-state index contributed by atoms with van der Waals surface area (Å²) < 4.78 is 15.7. The molecule has 0 bridgehead atoms. The van der Waals surface area contributed by atoms with Crippen molar-refractivity contribution < 1.29 is 24.4 Å². The molecule has 0 aliphatic heterocycles. The molecular formula is C14H26O5. The molecule has 0 amide bonds. The van der Waals surface area contributed by atoms with Crippen LogP contribution >= 0.6 is 0 Å². The van der Waals surface area contributed by atoms with E-state index in [0.717, 1.165) is 24.0 Å². The van der Waals surface area contributed by atoms with Crippen molar-refractivity contribution in [3.63, 3.8) is 0 Å². The fourth-order valence-corrected chi connectivity index (χ4v) is 1.19. The van der Waals surface area contributed by atoms with Crippen LogP contribution in [0.5, 0.6) is 0 Å². The van der Waals surface area contributed by atoms with E-state index in [4.69, 9.17) is 24.4 Å². The van der Waals surface area contributed by atoms with Gasteiger partial charge in [0, 0.05) is 0 Å². The van der Waals surface area contributed by atoms with Crippen LogP contribution in [0.4, 0.5) is 0 Å². The number of hydrogen-bond donors (Lipinski definition) is 2. The predicted molar refractivity (Wildman–Crippen MR) is 73.6 cm³/mol. The molecule has 0 saturated carbocycles. The van der Waals surface area contributed by atoms with E-state index in [2.05, 4.69) is 0 Å². The van der Waals surface area contributed by atoms with Crippen molar-refractivity contribution in [1.82, 2.24) is 0 Å². The Hall–Kier alpha value is -1.04. The molecule has 0 spiro atoms. The van der Waals surface area contributed by atoms with E-state index >= 15 is 0 Å². The summed E-state index contributed by atoms with van der Waals surface area (Å²) in [6, 6.07) is 0. The minimum atomic E-state index is 0.0320. The summed E-state index contributed by atoms with van der Waals surface area (Å²) in [7, 11) is 0. The third-order valence-electron chi connectivity index (χ3n) is 2.27. The lowest BCUT2D eigenvalue weighted by Gasteiger charge is -2.06. The van der Waals surface area contributed by atoms with E-state index in [9.17, 15) is 0 Å². The van der Waals surface area contributed by atoms with Gasteiger partial charge in [-0.3, -0.25) is 0 Å². The zero-order valence-electron chi connectivity index (χ0n) is 11.9. The van der Waals surface area contributed by atoms with Gasteiger partial charge in [-0.2, -0.15) is 0 Å². The molecule has 0 fully saturated rings. The number of ether oxygens (including phenoxy) is 3. The van der Waals surface area contributed by atoms with Gasteiger partial charge in [0.25, 0.3) is 0 Å². The van der Waals surface area contributed by atoms with Crippen LogP contribution in [-0.4, -0.2) is 49.9 Å². The molecule has 0 rings (SSSR count). The Morgan fingerprint density at radius 1 is 0.789 bits per heavy atom. The molecule has 0 unspecified atom stereocenters. The predicted octanol–water partition coefficient (Wildman–Crippen LogP) is 1.61. The van der Waals surface area contributed by atoms with Gasteiger partial charge in [0.2, 0.25) is 0 Å². The van der Waals surface area contributed by atoms with Gasteiger partial charge in [-0.05, 0) is 37.8 Å². The summed E-state index contributed by atoms with van der Waals surface area (Å²) in [5, 5.41) is 17.1. The van der Waals surface area contributed by atoms with Crippen LogP contribution in [0.3, 0.4) is 0 Å². The summed E-state index contributed by atoms with van der Waals surface area (Å²) in [6.07, 6.45) is 4.95. The molecule has 0 aliphatic rings. The fraction of sp³-hybridized carbons (Fsp3) is 0.714. The molecule has 112 valence electrons. The van der Waals surface area contributed by atoms with Gasteiger partial charge >= 0.3 is 0 Å². The van der Waals surface area contributed by atoms with E-state index in [1.807, 2.05) is 13.8 Å². The summed E-state index contributed by atoms with van der Waals surface area (Å²) >= 11 is 0. The summed E-state index contributed by atoms with van der Waals surface area (Å²) in [6.45, 7) is 5.95. The van der Waals surface area contributed by atoms with Crippen molar-refractivity contribution in [3.05, 3.63) is 23.7 Å². The van der Waals surface area contributed by atoms with Crippen molar-refractivity contribution in [2.45, 2.75) is 26.7 Å². The average molecular weight is 274 g/mol. The van der Waals surface area contributed by atoms with E-state index in [1.165, 1.54) is 0 Å². The zero-order chi connectivity index (χ0) is 14.3. The third-order valence-corrected chi connectivity index (χ3v) is 2.27. The second kappa shape index (κ2) is 13.4. The highest BCUT2D eigenvalue weighted by atomic mass is 16.5. The van der Waals surface area contributed by atoms with E-state index in [0.29, 0.717) is 26.4 Å². The first-order chi connectivity index (χ1) is 9.20. The Labute approximate surface area is 115 Å². The minimum absolute atomic E-state index is 0.0320. The van der Waals surface area contributed by atoms with Gasteiger partial charge in [-0.1, -0.05) is 0 Å². The van der Waals surface area contributed by atoms with Gasteiger partial charge in [0.15, 0.2) is 0 Å². The molecule has 5 heteroatoms. The molecule has 0 aliphatic carbocycles. The molecule has 0 aromatic rings. The zero-order valence-corrected chi connectivity index (χ0v) is 11.9.